The van der Waals surface area contributed by atoms with Crippen LogP contribution in [0.15, 0.2) is 34.2 Å². The van der Waals surface area contributed by atoms with Gasteiger partial charge in [-0.2, -0.15) is 4.99 Å². The first-order valence-corrected chi connectivity index (χ1v) is 9.24. The number of sulfone groups is 1. The lowest BCUT2D eigenvalue weighted by molar-refractivity contribution is 0.100. The van der Waals surface area contributed by atoms with Crippen LogP contribution in [-0.2, 0) is 9.84 Å². The van der Waals surface area contributed by atoms with Gasteiger partial charge in [0, 0.05) is 17.7 Å². The molecule has 1 aliphatic rings. The summed E-state index contributed by atoms with van der Waals surface area (Å²) < 4.78 is 24.4. The maximum Gasteiger partial charge on any atom is 0.280 e. The van der Waals surface area contributed by atoms with Crippen molar-refractivity contribution in [3.63, 3.8) is 0 Å². The summed E-state index contributed by atoms with van der Waals surface area (Å²) in [6.45, 7) is 1.75. The molecule has 2 rings (SSSR count). The van der Waals surface area contributed by atoms with E-state index in [-0.39, 0.29) is 22.3 Å². The molecule has 23 heavy (non-hydrogen) atoms. The molecule has 0 bridgehead atoms. The smallest absolute Gasteiger partial charge is 0.280 e. The summed E-state index contributed by atoms with van der Waals surface area (Å²) in [5.41, 5.74) is 12.0. The fourth-order valence-corrected chi connectivity index (χ4v) is 3.77. The predicted octanol–water partition coefficient (Wildman–Crippen LogP) is 1.64. The van der Waals surface area contributed by atoms with Gasteiger partial charge in [0.05, 0.1) is 4.90 Å². The lowest BCUT2D eigenvalue weighted by atomic mass is 9.87. The molecule has 0 fully saturated rings. The molecule has 0 heterocycles. The molecule has 0 aliphatic heterocycles. The van der Waals surface area contributed by atoms with Gasteiger partial charge < -0.3 is 11.5 Å². The predicted molar refractivity (Wildman–Crippen MR) is 90.2 cm³/mol. The van der Waals surface area contributed by atoms with Crippen LogP contribution in [-0.4, -0.2) is 26.5 Å². The SMILES string of the molecule is Cc1cc(C2C=CCCC2)c(S(C)(=O)=O)cc1C(=O)N=C(N)N. The van der Waals surface area contributed by atoms with Crippen molar-refractivity contribution in [2.24, 2.45) is 16.5 Å². The van der Waals surface area contributed by atoms with Crippen LogP contribution in [0.2, 0.25) is 0 Å². The molecule has 1 amide bonds. The van der Waals surface area contributed by atoms with Crippen molar-refractivity contribution in [2.45, 2.75) is 37.0 Å². The van der Waals surface area contributed by atoms with Gasteiger partial charge >= 0.3 is 0 Å². The minimum absolute atomic E-state index is 0.0411. The zero-order valence-electron chi connectivity index (χ0n) is 13.2. The maximum atomic E-state index is 12.2. The van der Waals surface area contributed by atoms with Gasteiger partial charge in [0.25, 0.3) is 5.91 Å². The number of guanidine groups is 1. The Balaban J connectivity index is 2.63. The Hall–Kier alpha value is -2.15. The number of nitrogens with two attached hydrogens (primary N) is 2. The number of allylic oxidation sites excluding steroid dienone is 2. The number of amides is 1. The highest BCUT2D eigenvalue weighted by atomic mass is 32.2. The fraction of sp³-hybridized carbons (Fsp3) is 0.375. The second-order valence-electron chi connectivity index (χ2n) is 5.78. The first-order valence-electron chi connectivity index (χ1n) is 7.35. The van der Waals surface area contributed by atoms with Crippen molar-refractivity contribution in [2.75, 3.05) is 6.26 Å². The van der Waals surface area contributed by atoms with Crippen LogP contribution in [0, 0.1) is 6.92 Å². The van der Waals surface area contributed by atoms with E-state index in [1.807, 2.05) is 6.08 Å². The first-order chi connectivity index (χ1) is 10.7. The molecule has 1 aromatic rings. The summed E-state index contributed by atoms with van der Waals surface area (Å²) in [6, 6.07) is 3.14. The minimum atomic E-state index is -3.48. The van der Waals surface area contributed by atoms with Crippen molar-refractivity contribution < 1.29 is 13.2 Å². The summed E-state index contributed by atoms with van der Waals surface area (Å²) in [4.78, 5) is 15.7. The number of carbonyl (C=O) groups excluding carboxylic acids is 1. The average molecular weight is 335 g/mol. The van der Waals surface area contributed by atoms with Gasteiger partial charge in [-0.3, -0.25) is 4.79 Å². The number of nitrogens with zero attached hydrogens (tertiary/aromatic N) is 1. The Bertz CT molecular complexity index is 791. The van der Waals surface area contributed by atoms with E-state index in [0.717, 1.165) is 31.1 Å². The monoisotopic (exact) mass is 335 g/mol. The van der Waals surface area contributed by atoms with E-state index >= 15 is 0 Å². The van der Waals surface area contributed by atoms with Crippen LogP contribution >= 0.6 is 0 Å². The Kier molecular flexibility index (Phi) is 4.89. The molecule has 1 unspecified atom stereocenters. The highest BCUT2D eigenvalue weighted by molar-refractivity contribution is 7.90. The van der Waals surface area contributed by atoms with Gasteiger partial charge in [-0.15, -0.1) is 0 Å². The van der Waals surface area contributed by atoms with Crippen molar-refractivity contribution >= 4 is 21.7 Å². The van der Waals surface area contributed by atoms with Gasteiger partial charge in [-0.25, -0.2) is 8.42 Å². The molecule has 0 radical (unpaired) electrons. The molecule has 0 saturated heterocycles. The Morgan fingerprint density at radius 1 is 1.30 bits per heavy atom. The Morgan fingerprint density at radius 3 is 2.52 bits per heavy atom. The number of hydrogen-bond acceptors (Lipinski definition) is 3. The first kappa shape index (κ1) is 17.2. The van der Waals surface area contributed by atoms with E-state index in [4.69, 9.17) is 11.5 Å². The van der Waals surface area contributed by atoms with Gasteiger partial charge in [0.2, 0.25) is 0 Å². The molecular weight excluding hydrogens is 314 g/mol. The quantitative estimate of drug-likeness (QED) is 0.495. The van der Waals surface area contributed by atoms with Crippen molar-refractivity contribution in [1.29, 1.82) is 0 Å². The molecule has 0 spiro atoms. The molecule has 1 aromatic carbocycles. The highest BCUT2D eigenvalue weighted by Gasteiger charge is 2.23. The van der Waals surface area contributed by atoms with Gasteiger partial charge in [0.1, 0.15) is 0 Å². The van der Waals surface area contributed by atoms with Crippen LogP contribution in [0.3, 0.4) is 0 Å². The van der Waals surface area contributed by atoms with E-state index < -0.39 is 15.7 Å². The Labute approximate surface area is 136 Å². The molecule has 6 nitrogen and oxygen atoms in total. The molecule has 0 aromatic heterocycles. The van der Waals surface area contributed by atoms with E-state index in [1.54, 1.807) is 13.0 Å². The minimum Gasteiger partial charge on any atom is -0.370 e. The van der Waals surface area contributed by atoms with Gasteiger partial charge in [-0.1, -0.05) is 18.2 Å². The molecule has 1 aliphatic carbocycles. The summed E-state index contributed by atoms with van der Waals surface area (Å²) in [7, 11) is -3.48. The molecule has 4 N–H and O–H groups in total. The lowest BCUT2D eigenvalue weighted by Gasteiger charge is -2.21. The average Bonchev–Trinajstić information content (AvgIpc) is 2.45. The third-order valence-corrected chi connectivity index (χ3v) is 5.02. The topological polar surface area (TPSA) is 116 Å². The summed E-state index contributed by atoms with van der Waals surface area (Å²) in [6.07, 6.45) is 8.14. The summed E-state index contributed by atoms with van der Waals surface area (Å²) in [5.74, 6) is -0.952. The van der Waals surface area contributed by atoms with Crippen molar-refractivity contribution in [3.8, 4) is 0 Å². The summed E-state index contributed by atoms with van der Waals surface area (Å²) >= 11 is 0. The van der Waals surface area contributed by atoms with Crippen molar-refractivity contribution in [3.05, 3.63) is 41.0 Å². The third-order valence-electron chi connectivity index (χ3n) is 3.87. The van der Waals surface area contributed by atoms with E-state index in [9.17, 15) is 13.2 Å². The van der Waals surface area contributed by atoms with E-state index in [1.165, 1.54) is 6.07 Å². The maximum absolute atomic E-state index is 12.2. The van der Waals surface area contributed by atoms with Gasteiger partial charge in [0.15, 0.2) is 15.8 Å². The lowest BCUT2D eigenvalue weighted by Crippen LogP contribution is -2.24. The summed E-state index contributed by atoms with van der Waals surface area (Å²) in [5, 5.41) is 0. The molecule has 7 heteroatoms. The van der Waals surface area contributed by atoms with E-state index in [0.29, 0.717) is 5.56 Å². The standard InChI is InChI=1S/C16H21N3O3S/c1-10-8-13(11-6-4-3-5-7-11)14(23(2,21)22)9-12(10)15(20)19-16(17)18/h4,6,8-9,11H,3,5,7H2,1-2H3,(H4,17,18,19,20). The number of aryl methyl sites for hydroxylation is 1. The van der Waals surface area contributed by atoms with E-state index in [2.05, 4.69) is 11.1 Å². The van der Waals surface area contributed by atoms with Crippen LogP contribution in [0.5, 0.6) is 0 Å². The van der Waals surface area contributed by atoms with Crippen LogP contribution < -0.4 is 11.5 Å². The van der Waals surface area contributed by atoms with Gasteiger partial charge in [-0.05, 0) is 43.4 Å². The third kappa shape index (κ3) is 3.98. The van der Waals surface area contributed by atoms with Crippen molar-refractivity contribution in [1.82, 2.24) is 0 Å². The number of carbonyl (C=O) groups is 1. The zero-order chi connectivity index (χ0) is 17.2. The molecule has 0 saturated carbocycles. The number of hydrogen-bond donors (Lipinski definition) is 2. The second kappa shape index (κ2) is 6.54. The number of benzene rings is 1. The highest BCUT2D eigenvalue weighted by Crippen LogP contribution is 2.34. The largest absolute Gasteiger partial charge is 0.370 e. The number of rotatable bonds is 3. The van der Waals surface area contributed by atoms with Crippen LogP contribution in [0.4, 0.5) is 0 Å². The van der Waals surface area contributed by atoms with Crippen LogP contribution in [0.25, 0.3) is 0 Å². The fourth-order valence-electron chi connectivity index (χ4n) is 2.80. The normalized spacial score (nSPS) is 17.7. The zero-order valence-corrected chi connectivity index (χ0v) is 14.1. The van der Waals surface area contributed by atoms with Crippen LogP contribution in [0.1, 0.15) is 46.7 Å². The molecule has 1 atom stereocenters. The number of aliphatic imine (C=N–C) groups is 1. The second-order valence-corrected chi connectivity index (χ2v) is 7.77. The Morgan fingerprint density at radius 2 is 2.00 bits per heavy atom. The molecular formula is C16H21N3O3S. The molecule has 124 valence electrons.